The normalized spacial score (nSPS) is 12.8. The number of aromatic nitrogens is 4. The third-order valence-corrected chi connectivity index (χ3v) is 4.34. The molecule has 1 N–H and O–H groups in total. The Morgan fingerprint density at radius 1 is 1.30 bits per heavy atom. The van der Waals surface area contributed by atoms with Gasteiger partial charge in [-0.3, -0.25) is 0 Å². The van der Waals surface area contributed by atoms with Gasteiger partial charge in [-0.15, -0.1) is 0 Å². The molecule has 3 aromatic rings. The molecule has 0 aliphatic heterocycles. The summed E-state index contributed by atoms with van der Waals surface area (Å²) in [5, 5.41) is 7.25. The zero-order valence-corrected chi connectivity index (χ0v) is 14.4. The van der Waals surface area contributed by atoms with Crippen LogP contribution in [0.3, 0.4) is 0 Å². The molecule has 0 aliphatic rings. The van der Waals surface area contributed by atoms with E-state index in [4.69, 9.17) is 9.51 Å². The summed E-state index contributed by atoms with van der Waals surface area (Å²) in [5.41, 5.74) is 2.10. The van der Waals surface area contributed by atoms with Crippen molar-refractivity contribution in [3.05, 3.63) is 41.8 Å². The van der Waals surface area contributed by atoms with Crippen LogP contribution in [0.15, 0.2) is 28.8 Å². The molecule has 0 saturated carbocycles. The van der Waals surface area contributed by atoms with Crippen molar-refractivity contribution in [1.82, 2.24) is 25.0 Å². The molecule has 6 nitrogen and oxygen atoms in total. The highest BCUT2D eigenvalue weighted by Crippen LogP contribution is 2.20. The van der Waals surface area contributed by atoms with Gasteiger partial charge in [0.15, 0.2) is 5.82 Å². The molecule has 1 unspecified atom stereocenters. The van der Waals surface area contributed by atoms with Crippen LogP contribution in [-0.2, 0) is 18.7 Å². The number of thioether (sulfide) groups is 1. The summed E-state index contributed by atoms with van der Waals surface area (Å²) in [4.78, 5) is 9.22. The molecule has 2 heterocycles. The maximum Gasteiger partial charge on any atom is 0.246 e. The predicted octanol–water partition coefficient (Wildman–Crippen LogP) is 2.48. The van der Waals surface area contributed by atoms with Crippen molar-refractivity contribution >= 4 is 22.8 Å². The molecule has 1 aromatic carbocycles. The number of rotatable bonds is 7. The van der Waals surface area contributed by atoms with Crippen LogP contribution in [0.4, 0.5) is 0 Å². The summed E-state index contributed by atoms with van der Waals surface area (Å²) in [6.07, 6.45) is 2.83. The molecule has 0 aliphatic carbocycles. The topological polar surface area (TPSA) is 68.8 Å². The van der Waals surface area contributed by atoms with Crippen LogP contribution in [0.1, 0.15) is 24.5 Å². The summed E-state index contributed by atoms with van der Waals surface area (Å²) in [5.74, 6) is 3.24. The molecule has 0 saturated heterocycles. The van der Waals surface area contributed by atoms with Crippen molar-refractivity contribution in [2.24, 2.45) is 0 Å². The molecule has 0 bridgehead atoms. The third kappa shape index (κ3) is 3.56. The smallest absolute Gasteiger partial charge is 0.246 e. The summed E-state index contributed by atoms with van der Waals surface area (Å²) >= 11 is 1.75. The van der Waals surface area contributed by atoms with E-state index in [0.29, 0.717) is 18.5 Å². The molecule has 0 radical (unpaired) electrons. The lowest BCUT2D eigenvalue weighted by atomic mass is 10.2. The van der Waals surface area contributed by atoms with Crippen LogP contribution in [0, 0.1) is 0 Å². The highest BCUT2D eigenvalue weighted by molar-refractivity contribution is 7.97. The maximum atomic E-state index is 5.42. The van der Waals surface area contributed by atoms with Gasteiger partial charge in [0.25, 0.3) is 0 Å². The van der Waals surface area contributed by atoms with Gasteiger partial charge in [-0.05, 0) is 32.4 Å². The average Bonchev–Trinajstić information content (AvgIpc) is 3.13. The molecule has 3 rings (SSSR count). The van der Waals surface area contributed by atoms with Crippen LogP contribution in [-0.4, -0.2) is 39.0 Å². The fraction of sp³-hybridized carbons (Fsp3) is 0.438. The first-order chi connectivity index (χ1) is 11.2. The Labute approximate surface area is 139 Å². The van der Waals surface area contributed by atoms with E-state index in [0.717, 1.165) is 34.9 Å². The second-order valence-corrected chi connectivity index (χ2v) is 6.40. The first-order valence-corrected chi connectivity index (χ1v) is 9.02. The molecule has 0 amide bonds. The number of hydrogen-bond donors (Lipinski definition) is 1. The molecular formula is C16H21N5OS. The molecule has 7 heteroatoms. The highest BCUT2D eigenvalue weighted by Gasteiger charge is 2.14. The van der Waals surface area contributed by atoms with Gasteiger partial charge in [0.05, 0.1) is 16.8 Å². The van der Waals surface area contributed by atoms with Gasteiger partial charge in [0.1, 0.15) is 12.4 Å². The molecule has 23 heavy (non-hydrogen) atoms. The Morgan fingerprint density at radius 2 is 2.13 bits per heavy atom. The van der Waals surface area contributed by atoms with E-state index in [1.807, 2.05) is 25.2 Å². The highest BCUT2D eigenvalue weighted by atomic mass is 32.2. The second-order valence-electron chi connectivity index (χ2n) is 5.53. The van der Waals surface area contributed by atoms with Crippen LogP contribution < -0.4 is 5.32 Å². The average molecular weight is 331 g/mol. The zero-order valence-electron chi connectivity index (χ0n) is 13.6. The van der Waals surface area contributed by atoms with Crippen LogP contribution in [0.2, 0.25) is 0 Å². The zero-order chi connectivity index (χ0) is 16.2. The Balaban J connectivity index is 1.87. The molecule has 0 fully saturated rings. The van der Waals surface area contributed by atoms with E-state index in [1.165, 1.54) is 0 Å². The number of benzene rings is 1. The van der Waals surface area contributed by atoms with Crippen molar-refractivity contribution in [2.45, 2.75) is 31.7 Å². The molecule has 0 spiro atoms. The Morgan fingerprint density at radius 3 is 2.91 bits per heavy atom. The van der Waals surface area contributed by atoms with Crippen molar-refractivity contribution in [3.63, 3.8) is 0 Å². The Hall–Kier alpha value is -1.86. The van der Waals surface area contributed by atoms with Gasteiger partial charge in [-0.2, -0.15) is 16.7 Å². The van der Waals surface area contributed by atoms with Gasteiger partial charge < -0.3 is 14.4 Å². The summed E-state index contributed by atoms with van der Waals surface area (Å²) in [6, 6.07) is 8.46. The van der Waals surface area contributed by atoms with Gasteiger partial charge in [-0.25, -0.2) is 4.98 Å². The van der Waals surface area contributed by atoms with Crippen molar-refractivity contribution in [2.75, 3.05) is 13.3 Å². The number of fused-ring (bicyclic) bond motifs is 1. The van der Waals surface area contributed by atoms with E-state index in [2.05, 4.69) is 39.3 Å². The van der Waals surface area contributed by atoms with Crippen LogP contribution in [0.5, 0.6) is 0 Å². The minimum absolute atomic E-state index is 0.321. The van der Waals surface area contributed by atoms with E-state index in [-0.39, 0.29) is 0 Å². The van der Waals surface area contributed by atoms with Gasteiger partial charge in [0, 0.05) is 12.5 Å². The number of nitrogens with one attached hydrogen (secondary N) is 1. The Bertz CT molecular complexity index is 782. The largest absolute Gasteiger partial charge is 0.337 e. The molecule has 122 valence electrons. The monoisotopic (exact) mass is 331 g/mol. The van der Waals surface area contributed by atoms with E-state index in [1.54, 1.807) is 11.8 Å². The second kappa shape index (κ2) is 7.14. The minimum atomic E-state index is 0.321. The van der Waals surface area contributed by atoms with E-state index >= 15 is 0 Å². The van der Waals surface area contributed by atoms with Gasteiger partial charge in [-0.1, -0.05) is 17.3 Å². The summed E-state index contributed by atoms with van der Waals surface area (Å²) in [7, 11) is 1.93. The maximum absolute atomic E-state index is 5.42. The predicted molar refractivity (Wildman–Crippen MR) is 92.6 cm³/mol. The molecule has 2 aromatic heterocycles. The van der Waals surface area contributed by atoms with Crippen LogP contribution >= 0.6 is 11.8 Å². The number of likely N-dealkylation sites (N-methyl/N-ethyl adjacent to an activating group) is 1. The van der Waals surface area contributed by atoms with Crippen molar-refractivity contribution < 1.29 is 4.52 Å². The lowest BCUT2D eigenvalue weighted by Crippen LogP contribution is -2.24. The fourth-order valence-corrected chi connectivity index (χ4v) is 2.97. The quantitative estimate of drug-likeness (QED) is 0.717. The number of hydrogen-bond acceptors (Lipinski definition) is 6. The fourth-order valence-electron chi connectivity index (χ4n) is 2.49. The number of imidazole rings is 1. The third-order valence-electron chi connectivity index (χ3n) is 3.79. The number of nitrogens with zero attached hydrogens (tertiary/aromatic N) is 4. The molecular weight excluding hydrogens is 310 g/mol. The van der Waals surface area contributed by atoms with Crippen molar-refractivity contribution in [3.8, 4) is 0 Å². The number of para-hydroxylation sites is 2. The van der Waals surface area contributed by atoms with E-state index in [9.17, 15) is 0 Å². The minimum Gasteiger partial charge on any atom is -0.337 e. The van der Waals surface area contributed by atoms with Gasteiger partial charge >= 0.3 is 0 Å². The van der Waals surface area contributed by atoms with E-state index < -0.39 is 0 Å². The lowest BCUT2D eigenvalue weighted by Gasteiger charge is -2.05. The first-order valence-electron chi connectivity index (χ1n) is 7.63. The standard InChI is InChI=1S/C16H21N5OS/c1-11(17-2)8-14-19-16(22-20-14)9-21-13-7-5-4-6-12(13)18-15(21)10-23-3/h4-7,11,17H,8-10H2,1-3H3. The summed E-state index contributed by atoms with van der Waals surface area (Å²) in [6.45, 7) is 2.65. The van der Waals surface area contributed by atoms with Gasteiger partial charge in [0.2, 0.25) is 5.89 Å². The Kier molecular flexibility index (Phi) is 4.97. The lowest BCUT2D eigenvalue weighted by molar-refractivity contribution is 0.364. The summed E-state index contributed by atoms with van der Waals surface area (Å²) < 4.78 is 7.58. The van der Waals surface area contributed by atoms with Crippen LogP contribution in [0.25, 0.3) is 11.0 Å². The SMILES string of the molecule is CNC(C)Cc1noc(Cn2c(CSC)nc3ccccc32)n1. The van der Waals surface area contributed by atoms with Crippen molar-refractivity contribution in [1.29, 1.82) is 0 Å². The first kappa shape index (κ1) is 16.0. The molecule has 1 atom stereocenters.